The van der Waals surface area contributed by atoms with Gasteiger partial charge in [0.1, 0.15) is 5.82 Å². The third-order valence-corrected chi connectivity index (χ3v) is 6.40. The Kier molecular flexibility index (Phi) is 5.75. The number of Topliss-reactive ketones (excluding diaryl/α,β-unsaturated/α-hetero) is 1. The number of halogens is 1. The highest BCUT2D eigenvalue weighted by Gasteiger charge is 2.19. The van der Waals surface area contributed by atoms with E-state index in [-0.39, 0.29) is 17.4 Å². The zero-order chi connectivity index (χ0) is 22.8. The van der Waals surface area contributed by atoms with E-state index < -0.39 is 0 Å². The molecular weight excluding hydrogens is 437 g/mol. The molecule has 0 aliphatic heterocycles. The molecule has 0 fully saturated rings. The van der Waals surface area contributed by atoms with Gasteiger partial charge in [-0.15, -0.1) is 10.2 Å². The number of benzene rings is 2. The smallest absolute Gasteiger partial charge is 0.196 e. The lowest BCUT2D eigenvalue weighted by molar-refractivity contribution is 0.102. The number of pyridine rings is 1. The van der Waals surface area contributed by atoms with Crippen LogP contribution in [0.4, 0.5) is 4.39 Å². The van der Waals surface area contributed by atoms with E-state index in [0.717, 1.165) is 22.9 Å². The van der Waals surface area contributed by atoms with Crippen molar-refractivity contribution in [2.75, 3.05) is 5.75 Å². The van der Waals surface area contributed by atoms with Crippen LogP contribution in [-0.2, 0) is 6.42 Å². The highest BCUT2D eigenvalue weighted by atomic mass is 32.2. The van der Waals surface area contributed by atoms with Gasteiger partial charge in [-0.2, -0.15) is 0 Å². The minimum atomic E-state index is -0.326. The number of thioether (sulfide) groups is 1. The maximum absolute atomic E-state index is 13.5. The van der Waals surface area contributed by atoms with Crippen molar-refractivity contribution in [1.29, 1.82) is 0 Å². The molecule has 6 nitrogen and oxygen atoms in total. The zero-order valence-corrected chi connectivity index (χ0v) is 18.6. The Morgan fingerprint density at radius 1 is 1.06 bits per heavy atom. The summed E-state index contributed by atoms with van der Waals surface area (Å²) in [4.78, 5) is 20.4. The van der Waals surface area contributed by atoms with E-state index in [9.17, 15) is 9.18 Å². The number of aryl methyl sites for hydroxylation is 1. The number of ketones is 1. The Morgan fingerprint density at radius 3 is 2.61 bits per heavy atom. The van der Waals surface area contributed by atoms with Gasteiger partial charge in [0.25, 0.3) is 0 Å². The van der Waals surface area contributed by atoms with Crippen LogP contribution < -0.4 is 0 Å². The van der Waals surface area contributed by atoms with Gasteiger partial charge < -0.3 is 4.98 Å². The summed E-state index contributed by atoms with van der Waals surface area (Å²) in [5.41, 5.74) is 4.38. The van der Waals surface area contributed by atoms with Crippen molar-refractivity contribution in [2.45, 2.75) is 18.5 Å². The van der Waals surface area contributed by atoms with E-state index in [1.165, 1.54) is 29.5 Å². The molecule has 0 amide bonds. The van der Waals surface area contributed by atoms with Crippen LogP contribution in [0.5, 0.6) is 0 Å². The molecule has 0 saturated carbocycles. The van der Waals surface area contributed by atoms with Gasteiger partial charge in [0.15, 0.2) is 16.8 Å². The molecule has 0 aliphatic rings. The number of carbonyl (C=O) groups is 1. The highest BCUT2D eigenvalue weighted by Crippen LogP contribution is 2.29. The number of fused-ring (bicyclic) bond motifs is 1. The zero-order valence-electron chi connectivity index (χ0n) is 17.8. The lowest BCUT2D eigenvalue weighted by Gasteiger charge is -2.10. The number of hydrogen-bond donors (Lipinski definition) is 1. The van der Waals surface area contributed by atoms with Gasteiger partial charge in [-0.25, -0.2) is 4.39 Å². The number of aromatic nitrogens is 5. The minimum Gasteiger partial charge on any atom is -0.360 e. The fourth-order valence-corrected chi connectivity index (χ4v) is 4.66. The van der Waals surface area contributed by atoms with E-state index in [2.05, 4.69) is 33.2 Å². The Labute approximate surface area is 193 Å². The van der Waals surface area contributed by atoms with Crippen LogP contribution in [0.1, 0.15) is 22.8 Å². The maximum Gasteiger partial charge on any atom is 0.196 e. The van der Waals surface area contributed by atoms with Crippen molar-refractivity contribution in [3.05, 3.63) is 90.1 Å². The number of hydrogen-bond acceptors (Lipinski definition) is 5. The van der Waals surface area contributed by atoms with Gasteiger partial charge in [-0.05, 0) is 48.4 Å². The van der Waals surface area contributed by atoms with Crippen molar-refractivity contribution >= 4 is 28.4 Å². The number of H-pyrrole nitrogens is 1. The van der Waals surface area contributed by atoms with Gasteiger partial charge in [0, 0.05) is 46.3 Å². The highest BCUT2D eigenvalue weighted by molar-refractivity contribution is 7.99. The van der Waals surface area contributed by atoms with Gasteiger partial charge >= 0.3 is 0 Å². The molecule has 8 heteroatoms. The summed E-state index contributed by atoms with van der Waals surface area (Å²) < 4.78 is 15.4. The van der Waals surface area contributed by atoms with E-state index in [1.807, 2.05) is 28.8 Å². The van der Waals surface area contributed by atoms with Crippen LogP contribution in [0.2, 0.25) is 0 Å². The number of nitrogens with one attached hydrogen (secondary N) is 1. The molecule has 0 saturated heterocycles. The molecule has 0 aliphatic carbocycles. The second kappa shape index (κ2) is 8.99. The van der Waals surface area contributed by atoms with Gasteiger partial charge in [-0.1, -0.05) is 36.9 Å². The summed E-state index contributed by atoms with van der Waals surface area (Å²) in [6.07, 6.45) is 6.02. The van der Waals surface area contributed by atoms with Crippen molar-refractivity contribution in [1.82, 2.24) is 24.7 Å². The SMILES string of the molecule is CCc1cccc2c(C(=O)CSc3nnc(-c4ccncc4)n3-c3ccc(F)cc3)c[nH]c12. The average molecular weight is 458 g/mol. The van der Waals surface area contributed by atoms with Crippen LogP contribution in [0.3, 0.4) is 0 Å². The van der Waals surface area contributed by atoms with E-state index in [1.54, 1.807) is 30.7 Å². The van der Waals surface area contributed by atoms with Crippen LogP contribution in [0.15, 0.2) is 78.3 Å². The quantitative estimate of drug-likeness (QED) is 0.258. The van der Waals surface area contributed by atoms with E-state index in [0.29, 0.717) is 22.2 Å². The molecule has 2 aromatic carbocycles. The largest absolute Gasteiger partial charge is 0.360 e. The number of para-hydroxylation sites is 1. The third kappa shape index (κ3) is 4.05. The standard InChI is InChI=1S/C25H20FN5OS/c1-2-16-4-3-5-20-21(14-28-23(16)20)22(32)15-33-25-30-29-24(17-10-12-27-13-11-17)31(25)19-8-6-18(26)7-9-19/h3-14,28H,2,15H2,1H3. The number of nitrogens with zero attached hydrogens (tertiary/aromatic N) is 4. The molecule has 164 valence electrons. The summed E-state index contributed by atoms with van der Waals surface area (Å²) in [7, 11) is 0. The van der Waals surface area contributed by atoms with Crippen molar-refractivity contribution < 1.29 is 9.18 Å². The second-order valence-corrected chi connectivity index (χ2v) is 8.40. The molecule has 5 rings (SSSR count). The molecule has 0 spiro atoms. The molecule has 0 radical (unpaired) electrons. The summed E-state index contributed by atoms with van der Waals surface area (Å²) in [5, 5.41) is 10.2. The van der Waals surface area contributed by atoms with Crippen LogP contribution in [0, 0.1) is 5.82 Å². The number of rotatable bonds is 7. The Balaban J connectivity index is 1.47. The molecule has 1 N–H and O–H groups in total. The lowest BCUT2D eigenvalue weighted by Crippen LogP contribution is -2.05. The monoisotopic (exact) mass is 457 g/mol. The first-order valence-corrected chi connectivity index (χ1v) is 11.5. The molecule has 3 aromatic heterocycles. The first-order valence-electron chi connectivity index (χ1n) is 10.5. The fraction of sp³-hybridized carbons (Fsp3) is 0.120. The molecule has 0 bridgehead atoms. The average Bonchev–Trinajstić information content (AvgIpc) is 3.48. The molecule has 33 heavy (non-hydrogen) atoms. The lowest BCUT2D eigenvalue weighted by atomic mass is 10.1. The maximum atomic E-state index is 13.5. The summed E-state index contributed by atoms with van der Waals surface area (Å²) >= 11 is 1.30. The van der Waals surface area contributed by atoms with Gasteiger partial charge in [0.2, 0.25) is 0 Å². The van der Waals surface area contributed by atoms with Crippen molar-refractivity contribution in [3.8, 4) is 17.1 Å². The topological polar surface area (TPSA) is 76.5 Å². The Morgan fingerprint density at radius 2 is 1.85 bits per heavy atom. The summed E-state index contributed by atoms with van der Waals surface area (Å²) in [6, 6.07) is 15.8. The fourth-order valence-electron chi connectivity index (χ4n) is 3.82. The predicted molar refractivity (Wildman–Crippen MR) is 127 cm³/mol. The van der Waals surface area contributed by atoms with Crippen LogP contribution >= 0.6 is 11.8 Å². The van der Waals surface area contributed by atoms with E-state index in [4.69, 9.17) is 0 Å². The van der Waals surface area contributed by atoms with Crippen LogP contribution in [-0.4, -0.2) is 36.3 Å². The second-order valence-electron chi connectivity index (χ2n) is 7.46. The molecule has 0 unspecified atom stereocenters. The third-order valence-electron chi connectivity index (χ3n) is 5.47. The van der Waals surface area contributed by atoms with Crippen molar-refractivity contribution in [2.24, 2.45) is 0 Å². The van der Waals surface area contributed by atoms with Gasteiger partial charge in [0.05, 0.1) is 5.75 Å². The number of aromatic amines is 1. The summed E-state index contributed by atoms with van der Waals surface area (Å²) in [6.45, 7) is 2.09. The normalized spacial score (nSPS) is 11.2. The summed E-state index contributed by atoms with van der Waals surface area (Å²) in [5.74, 6) is 0.462. The first-order chi connectivity index (χ1) is 16.2. The number of carbonyl (C=O) groups excluding carboxylic acids is 1. The molecule has 5 aromatic rings. The first kappa shape index (κ1) is 21.1. The molecule has 0 atom stereocenters. The van der Waals surface area contributed by atoms with E-state index >= 15 is 0 Å². The minimum absolute atomic E-state index is 0.00128. The van der Waals surface area contributed by atoms with Crippen LogP contribution in [0.25, 0.3) is 28.0 Å². The van der Waals surface area contributed by atoms with Crippen molar-refractivity contribution in [3.63, 3.8) is 0 Å². The molecular formula is C25H20FN5OS. The van der Waals surface area contributed by atoms with Gasteiger partial charge in [-0.3, -0.25) is 14.3 Å². The molecule has 3 heterocycles. The predicted octanol–water partition coefficient (Wildman–Crippen LogP) is 5.49. The Hall–Kier alpha value is -3.78. The Bertz CT molecular complexity index is 1430.